The number of hydrogen-bond acceptors (Lipinski definition) is 5. The number of thioether (sulfide) groups is 1. The summed E-state index contributed by atoms with van der Waals surface area (Å²) in [6, 6.07) is 4.56. The minimum Gasteiger partial charge on any atom is -0.326 e. The van der Waals surface area contributed by atoms with Crippen LogP contribution in [0.1, 0.15) is 17.0 Å². The first-order valence-electron chi connectivity index (χ1n) is 6.24. The Morgan fingerprint density at radius 3 is 2.77 bits per heavy atom. The van der Waals surface area contributed by atoms with E-state index in [0.717, 1.165) is 21.5 Å². The fraction of sp³-hybridized carbons (Fsp3) is 0.308. The summed E-state index contributed by atoms with van der Waals surface area (Å²) in [5.41, 5.74) is -0.652. The third kappa shape index (κ3) is 4.99. The number of benzene rings is 1. The first kappa shape index (κ1) is 16.8. The van der Waals surface area contributed by atoms with E-state index in [1.165, 1.54) is 35.2 Å². The average Bonchev–Trinajstić information content (AvgIpc) is 2.84. The Labute approximate surface area is 133 Å². The highest BCUT2D eigenvalue weighted by Gasteiger charge is 2.30. The molecular formula is C13H12F3N3OS2. The average molecular weight is 347 g/mol. The molecule has 2 aromatic rings. The van der Waals surface area contributed by atoms with E-state index < -0.39 is 11.7 Å². The van der Waals surface area contributed by atoms with Gasteiger partial charge in [0.2, 0.25) is 5.91 Å². The fourth-order valence-electron chi connectivity index (χ4n) is 1.56. The molecule has 1 amide bonds. The van der Waals surface area contributed by atoms with Gasteiger partial charge in [0, 0.05) is 17.9 Å². The van der Waals surface area contributed by atoms with E-state index in [4.69, 9.17) is 0 Å². The van der Waals surface area contributed by atoms with Crippen molar-refractivity contribution in [1.82, 2.24) is 10.2 Å². The summed E-state index contributed by atoms with van der Waals surface area (Å²) in [6.45, 7) is 1.84. The van der Waals surface area contributed by atoms with Gasteiger partial charge in [0.05, 0.1) is 5.56 Å². The van der Waals surface area contributed by atoms with Crippen molar-refractivity contribution in [2.24, 2.45) is 0 Å². The largest absolute Gasteiger partial charge is 0.416 e. The van der Waals surface area contributed by atoms with Gasteiger partial charge < -0.3 is 5.32 Å². The van der Waals surface area contributed by atoms with Crippen LogP contribution in [0.2, 0.25) is 0 Å². The van der Waals surface area contributed by atoms with Crippen molar-refractivity contribution in [2.75, 3.05) is 11.1 Å². The van der Waals surface area contributed by atoms with Crippen LogP contribution in [0.5, 0.6) is 0 Å². The molecule has 4 nitrogen and oxygen atoms in total. The predicted molar refractivity (Wildman–Crippen MR) is 80.1 cm³/mol. The lowest BCUT2D eigenvalue weighted by Gasteiger charge is -2.09. The lowest BCUT2D eigenvalue weighted by atomic mass is 10.2. The number of nitrogens with zero attached hydrogens (tertiary/aromatic N) is 2. The maximum Gasteiger partial charge on any atom is 0.416 e. The number of amides is 1. The van der Waals surface area contributed by atoms with E-state index in [0.29, 0.717) is 5.75 Å². The minimum atomic E-state index is -4.42. The molecule has 0 aliphatic rings. The molecule has 1 aromatic heterocycles. The summed E-state index contributed by atoms with van der Waals surface area (Å²) >= 11 is 2.82. The van der Waals surface area contributed by atoms with Crippen LogP contribution in [-0.4, -0.2) is 21.9 Å². The summed E-state index contributed by atoms with van der Waals surface area (Å²) in [5.74, 6) is 0.146. The maximum absolute atomic E-state index is 12.6. The summed E-state index contributed by atoms with van der Waals surface area (Å²) < 4.78 is 38.5. The van der Waals surface area contributed by atoms with Gasteiger partial charge in [-0.1, -0.05) is 29.2 Å². The summed E-state index contributed by atoms with van der Waals surface area (Å²) in [7, 11) is 0. The third-order valence-electron chi connectivity index (χ3n) is 2.54. The molecular weight excluding hydrogens is 335 g/mol. The molecule has 1 N–H and O–H groups in total. The quantitative estimate of drug-likeness (QED) is 0.831. The maximum atomic E-state index is 12.6. The zero-order valence-electron chi connectivity index (χ0n) is 11.5. The highest BCUT2D eigenvalue weighted by atomic mass is 32.2. The van der Waals surface area contributed by atoms with Gasteiger partial charge in [-0.3, -0.25) is 4.79 Å². The Hall–Kier alpha value is -1.61. The van der Waals surface area contributed by atoms with Crippen molar-refractivity contribution in [3.05, 3.63) is 34.8 Å². The Morgan fingerprint density at radius 1 is 1.36 bits per heavy atom. The Balaban J connectivity index is 1.84. The van der Waals surface area contributed by atoms with Crippen molar-refractivity contribution >= 4 is 34.7 Å². The Bertz CT molecular complexity index is 658. The number of alkyl halides is 3. The number of carbonyl (C=O) groups is 1. The SMILES string of the molecule is Cc1nnc(SCCC(=O)Nc2cccc(C(F)(F)F)c2)s1. The molecule has 0 saturated carbocycles. The second-order valence-corrected chi connectivity index (χ2v) is 6.84. The molecule has 0 radical (unpaired) electrons. The molecule has 9 heteroatoms. The van der Waals surface area contributed by atoms with Crippen LogP contribution in [0.3, 0.4) is 0 Å². The molecule has 1 heterocycles. The van der Waals surface area contributed by atoms with Gasteiger partial charge in [-0.15, -0.1) is 10.2 Å². The first-order chi connectivity index (χ1) is 10.3. The standard InChI is InChI=1S/C13H12F3N3OS2/c1-8-18-19-12(22-8)21-6-5-11(20)17-10-4-2-3-9(7-10)13(14,15)16/h2-4,7H,5-6H2,1H3,(H,17,20). The zero-order chi connectivity index (χ0) is 16.2. The lowest BCUT2D eigenvalue weighted by molar-refractivity contribution is -0.137. The fourth-order valence-corrected chi connectivity index (χ4v) is 3.39. The van der Waals surface area contributed by atoms with E-state index in [9.17, 15) is 18.0 Å². The van der Waals surface area contributed by atoms with Crippen LogP contribution in [0.25, 0.3) is 0 Å². The number of hydrogen-bond donors (Lipinski definition) is 1. The zero-order valence-corrected chi connectivity index (χ0v) is 13.1. The van der Waals surface area contributed by atoms with Gasteiger partial charge in [0.15, 0.2) is 4.34 Å². The van der Waals surface area contributed by atoms with Crippen molar-refractivity contribution in [3.8, 4) is 0 Å². The van der Waals surface area contributed by atoms with E-state index in [2.05, 4.69) is 15.5 Å². The van der Waals surface area contributed by atoms with Gasteiger partial charge in [-0.05, 0) is 25.1 Å². The molecule has 0 atom stereocenters. The molecule has 0 aliphatic carbocycles. The number of nitrogens with one attached hydrogen (secondary N) is 1. The van der Waals surface area contributed by atoms with Gasteiger partial charge >= 0.3 is 6.18 Å². The Kier molecular flexibility index (Phi) is 5.41. The molecule has 22 heavy (non-hydrogen) atoms. The number of halogens is 3. The minimum absolute atomic E-state index is 0.136. The van der Waals surface area contributed by atoms with Gasteiger partial charge in [0.1, 0.15) is 5.01 Å². The van der Waals surface area contributed by atoms with Crippen LogP contribution in [-0.2, 0) is 11.0 Å². The number of aryl methyl sites for hydroxylation is 1. The topological polar surface area (TPSA) is 54.9 Å². The van der Waals surface area contributed by atoms with Crippen LogP contribution in [0.4, 0.5) is 18.9 Å². The van der Waals surface area contributed by atoms with Crippen LogP contribution >= 0.6 is 23.1 Å². The van der Waals surface area contributed by atoms with E-state index >= 15 is 0 Å². The molecule has 0 aliphatic heterocycles. The summed E-state index contributed by atoms with van der Waals surface area (Å²) in [6.07, 6.45) is -4.24. The van der Waals surface area contributed by atoms with Crippen molar-refractivity contribution in [2.45, 2.75) is 23.9 Å². The van der Waals surface area contributed by atoms with Crippen LogP contribution in [0.15, 0.2) is 28.6 Å². The number of rotatable bonds is 5. The second kappa shape index (κ2) is 7.10. The molecule has 0 fully saturated rings. The van der Waals surface area contributed by atoms with Crippen molar-refractivity contribution in [1.29, 1.82) is 0 Å². The van der Waals surface area contributed by atoms with Crippen molar-refractivity contribution < 1.29 is 18.0 Å². The number of carbonyl (C=O) groups excluding carboxylic acids is 1. The van der Waals surface area contributed by atoms with E-state index in [1.54, 1.807) is 0 Å². The molecule has 2 rings (SSSR count). The number of anilines is 1. The first-order valence-corrected chi connectivity index (χ1v) is 8.05. The summed E-state index contributed by atoms with van der Waals surface area (Å²) in [4.78, 5) is 11.7. The molecule has 0 saturated heterocycles. The number of aromatic nitrogens is 2. The molecule has 0 unspecified atom stereocenters. The van der Waals surface area contributed by atoms with Gasteiger partial charge in [-0.25, -0.2) is 0 Å². The monoisotopic (exact) mass is 347 g/mol. The second-order valence-electron chi connectivity index (χ2n) is 4.31. The lowest BCUT2D eigenvalue weighted by Crippen LogP contribution is -2.13. The highest BCUT2D eigenvalue weighted by Crippen LogP contribution is 2.30. The van der Waals surface area contributed by atoms with Gasteiger partial charge in [0.25, 0.3) is 0 Å². The molecule has 0 spiro atoms. The molecule has 118 valence electrons. The third-order valence-corrected chi connectivity index (χ3v) is 4.51. The van der Waals surface area contributed by atoms with Crippen LogP contribution in [0, 0.1) is 6.92 Å². The summed E-state index contributed by atoms with van der Waals surface area (Å²) in [5, 5.41) is 11.1. The predicted octanol–water partition coefficient (Wildman–Crippen LogP) is 3.99. The highest BCUT2D eigenvalue weighted by molar-refractivity contribution is 8.01. The van der Waals surface area contributed by atoms with Gasteiger partial charge in [-0.2, -0.15) is 13.2 Å². The molecule has 1 aromatic carbocycles. The molecule has 0 bridgehead atoms. The Morgan fingerprint density at radius 2 is 2.14 bits per heavy atom. The van der Waals surface area contributed by atoms with Crippen LogP contribution < -0.4 is 5.32 Å². The smallest absolute Gasteiger partial charge is 0.326 e. The van der Waals surface area contributed by atoms with E-state index in [1.807, 2.05) is 6.92 Å². The normalized spacial score (nSPS) is 11.5. The van der Waals surface area contributed by atoms with Crippen molar-refractivity contribution in [3.63, 3.8) is 0 Å². The van der Waals surface area contributed by atoms with E-state index in [-0.39, 0.29) is 18.0 Å².